The van der Waals surface area contributed by atoms with Gasteiger partial charge in [0.25, 0.3) is 0 Å². The van der Waals surface area contributed by atoms with Crippen LogP contribution in [-0.2, 0) is 9.59 Å². The van der Waals surface area contributed by atoms with E-state index in [1.54, 1.807) is 23.5 Å². The highest BCUT2D eigenvalue weighted by atomic mass is 32.1. The first-order valence-corrected chi connectivity index (χ1v) is 9.19. The van der Waals surface area contributed by atoms with Crippen LogP contribution in [0.2, 0.25) is 0 Å². The minimum absolute atomic E-state index is 0.00335. The summed E-state index contributed by atoms with van der Waals surface area (Å²) in [6, 6.07) is 0. The number of carbonyl (C=O) groups is 2. The summed E-state index contributed by atoms with van der Waals surface area (Å²) < 4.78 is 0. The predicted molar refractivity (Wildman–Crippen MR) is 91.0 cm³/mol. The highest BCUT2D eigenvalue weighted by molar-refractivity contribution is 7.09. The number of thiazole rings is 1. The third-order valence-corrected chi connectivity index (χ3v) is 5.43. The SMILES string of the molecule is Cc1nc(/C=C/C(=O)N2CCN(C(=O)C3CCCC3)CC2)cs1. The first-order valence-electron chi connectivity index (χ1n) is 8.31. The number of hydrogen-bond donors (Lipinski definition) is 0. The molecule has 1 saturated heterocycles. The van der Waals surface area contributed by atoms with Crippen molar-refractivity contribution in [1.29, 1.82) is 0 Å². The van der Waals surface area contributed by atoms with E-state index in [1.807, 2.05) is 22.1 Å². The molecule has 1 aliphatic heterocycles. The van der Waals surface area contributed by atoms with E-state index in [0.717, 1.165) is 23.5 Å². The Balaban J connectivity index is 1.49. The number of nitrogens with zero attached hydrogens (tertiary/aromatic N) is 3. The van der Waals surface area contributed by atoms with Crippen LogP contribution in [0.25, 0.3) is 6.08 Å². The van der Waals surface area contributed by atoms with Crippen LogP contribution < -0.4 is 0 Å². The highest BCUT2D eigenvalue weighted by Gasteiger charge is 2.30. The van der Waals surface area contributed by atoms with Gasteiger partial charge in [-0.15, -0.1) is 11.3 Å². The minimum atomic E-state index is 0.00335. The van der Waals surface area contributed by atoms with Gasteiger partial charge >= 0.3 is 0 Å². The molecule has 1 saturated carbocycles. The standard InChI is InChI=1S/C17H23N3O2S/c1-13-18-15(12-23-13)6-7-16(21)19-8-10-20(11-9-19)17(22)14-4-2-3-5-14/h6-7,12,14H,2-5,8-11H2,1H3/b7-6+. The van der Waals surface area contributed by atoms with Crippen molar-refractivity contribution in [3.63, 3.8) is 0 Å². The van der Waals surface area contributed by atoms with Crippen LogP contribution in [0.4, 0.5) is 0 Å². The fraction of sp³-hybridized carbons (Fsp3) is 0.588. The number of carbonyl (C=O) groups excluding carboxylic acids is 2. The van der Waals surface area contributed by atoms with Gasteiger partial charge in [0, 0.05) is 43.6 Å². The van der Waals surface area contributed by atoms with Gasteiger partial charge in [-0.05, 0) is 25.8 Å². The predicted octanol–water partition coefficient (Wildman–Crippen LogP) is 2.33. The molecule has 0 N–H and O–H groups in total. The molecule has 6 heteroatoms. The van der Waals surface area contributed by atoms with Gasteiger partial charge in [0.05, 0.1) is 10.7 Å². The maximum Gasteiger partial charge on any atom is 0.246 e. The second-order valence-corrected chi connectivity index (χ2v) is 7.32. The summed E-state index contributed by atoms with van der Waals surface area (Å²) in [5, 5.41) is 2.94. The highest BCUT2D eigenvalue weighted by Crippen LogP contribution is 2.26. The number of aryl methyl sites for hydroxylation is 1. The molecule has 2 aliphatic rings. The van der Waals surface area contributed by atoms with Crippen molar-refractivity contribution in [2.24, 2.45) is 5.92 Å². The second-order valence-electron chi connectivity index (χ2n) is 6.26. The van der Waals surface area contributed by atoms with Crippen LogP contribution >= 0.6 is 11.3 Å². The molecule has 0 unspecified atom stereocenters. The van der Waals surface area contributed by atoms with E-state index < -0.39 is 0 Å². The van der Waals surface area contributed by atoms with Crippen molar-refractivity contribution in [2.45, 2.75) is 32.6 Å². The van der Waals surface area contributed by atoms with Gasteiger partial charge in [0.2, 0.25) is 11.8 Å². The fourth-order valence-corrected chi connectivity index (χ4v) is 3.88. The molecule has 2 amide bonds. The lowest BCUT2D eigenvalue weighted by molar-refractivity contribution is -0.140. The topological polar surface area (TPSA) is 53.5 Å². The summed E-state index contributed by atoms with van der Waals surface area (Å²) in [5.41, 5.74) is 0.830. The molecule has 5 nitrogen and oxygen atoms in total. The molecular formula is C17H23N3O2S. The average molecular weight is 333 g/mol. The van der Waals surface area contributed by atoms with E-state index in [4.69, 9.17) is 0 Å². The molecule has 124 valence electrons. The van der Waals surface area contributed by atoms with Crippen LogP contribution in [-0.4, -0.2) is 52.8 Å². The Morgan fingerprint density at radius 2 is 1.83 bits per heavy atom. The van der Waals surface area contributed by atoms with Gasteiger partial charge in [-0.2, -0.15) is 0 Å². The Kier molecular flexibility index (Phi) is 5.10. The molecule has 23 heavy (non-hydrogen) atoms. The molecule has 1 aromatic heterocycles. The molecule has 2 fully saturated rings. The summed E-state index contributed by atoms with van der Waals surface area (Å²) in [7, 11) is 0. The first-order chi connectivity index (χ1) is 11.1. The maximum absolute atomic E-state index is 12.4. The maximum atomic E-state index is 12.4. The van der Waals surface area contributed by atoms with E-state index in [2.05, 4.69) is 4.98 Å². The van der Waals surface area contributed by atoms with Gasteiger partial charge in [-0.3, -0.25) is 9.59 Å². The molecule has 0 aromatic carbocycles. The molecule has 2 heterocycles. The van der Waals surface area contributed by atoms with Gasteiger partial charge in [-0.1, -0.05) is 12.8 Å². The van der Waals surface area contributed by atoms with Gasteiger partial charge in [-0.25, -0.2) is 4.98 Å². The third-order valence-electron chi connectivity index (χ3n) is 4.64. The number of amides is 2. The van der Waals surface area contributed by atoms with Crippen molar-refractivity contribution >= 4 is 29.2 Å². The second kappa shape index (κ2) is 7.25. The third kappa shape index (κ3) is 3.99. The van der Waals surface area contributed by atoms with E-state index in [-0.39, 0.29) is 11.8 Å². The van der Waals surface area contributed by atoms with Gasteiger partial charge in [0.15, 0.2) is 0 Å². The lowest BCUT2D eigenvalue weighted by Crippen LogP contribution is -2.51. The molecule has 0 spiro atoms. The summed E-state index contributed by atoms with van der Waals surface area (Å²) in [4.78, 5) is 32.7. The Hall–Kier alpha value is -1.69. The van der Waals surface area contributed by atoms with Crippen molar-refractivity contribution in [1.82, 2.24) is 14.8 Å². The van der Waals surface area contributed by atoms with Crippen molar-refractivity contribution < 1.29 is 9.59 Å². The van der Waals surface area contributed by atoms with Crippen molar-refractivity contribution in [3.05, 3.63) is 22.2 Å². The van der Waals surface area contributed by atoms with E-state index >= 15 is 0 Å². The van der Waals surface area contributed by atoms with Crippen LogP contribution in [0, 0.1) is 12.8 Å². The minimum Gasteiger partial charge on any atom is -0.339 e. The summed E-state index contributed by atoms with van der Waals surface area (Å²) in [6.45, 7) is 4.51. The van der Waals surface area contributed by atoms with Crippen LogP contribution in [0.1, 0.15) is 36.4 Å². The lowest BCUT2D eigenvalue weighted by atomic mass is 10.1. The monoisotopic (exact) mass is 333 g/mol. The Bertz CT molecular complexity index is 597. The summed E-state index contributed by atoms with van der Waals surface area (Å²) in [6.07, 6.45) is 7.78. The lowest BCUT2D eigenvalue weighted by Gasteiger charge is -2.35. The fourth-order valence-electron chi connectivity index (χ4n) is 3.30. The molecule has 0 bridgehead atoms. The van der Waals surface area contributed by atoms with Crippen LogP contribution in [0.5, 0.6) is 0 Å². The van der Waals surface area contributed by atoms with Crippen molar-refractivity contribution in [3.8, 4) is 0 Å². The van der Waals surface area contributed by atoms with Gasteiger partial charge < -0.3 is 9.80 Å². The zero-order chi connectivity index (χ0) is 16.2. The number of piperazine rings is 1. The molecule has 1 aliphatic carbocycles. The average Bonchev–Trinajstić information content (AvgIpc) is 3.24. The quantitative estimate of drug-likeness (QED) is 0.798. The normalized spacial score (nSPS) is 19.7. The Morgan fingerprint density at radius 3 is 2.43 bits per heavy atom. The van der Waals surface area contributed by atoms with E-state index in [1.165, 1.54) is 12.8 Å². The molecular weight excluding hydrogens is 310 g/mol. The summed E-state index contributed by atoms with van der Waals surface area (Å²) in [5.74, 6) is 0.525. The molecule has 0 radical (unpaired) electrons. The van der Waals surface area contributed by atoms with Crippen molar-refractivity contribution in [2.75, 3.05) is 26.2 Å². The van der Waals surface area contributed by atoms with Crippen LogP contribution in [0.15, 0.2) is 11.5 Å². The number of rotatable bonds is 3. The molecule has 3 rings (SSSR count). The first kappa shape index (κ1) is 16.2. The molecule has 0 atom stereocenters. The summed E-state index contributed by atoms with van der Waals surface area (Å²) >= 11 is 1.58. The van der Waals surface area contributed by atoms with Crippen LogP contribution in [0.3, 0.4) is 0 Å². The van der Waals surface area contributed by atoms with E-state index in [9.17, 15) is 9.59 Å². The molecule has 1 aromatic rings. The Morgan fingerprint density at radius 1 is 1.17 bits per heavy atom. The smallest absolute Gasteiger partial charge is 0.246 e. The van der Waals surface area contributed by atoms with Gasteiger partial charge in [0.1, 0.15) is 0 Å². The Labute approximate surface area is 141 Å². The zero-order valence-electron chi connectivity index (χ0n) is 13.5. The zero-order valence-corrected chi connectivity index (χ0v) is 14.3. The number of aromatic nitrogens is 1. The number of hydrogen-bond acceptors (Lipinski definition) is 4. The van der Waals surface area contributed by atoms with E-state index in [0.29, 0.717) is 32.1 Å². The largest absolute Gasteiger partial charge is 0.339 e.